The molecule has 0 aliphatic heterocycles. The summed E-state index contributed by atoms with van der Waals surface area (Å²) in [7, 11) is 0. The molecule has 2 nitrogen and oxygen atoms in total. The van der Waals surface area contributed by atoms with E-state index >= 15 is 0 Å². The lowest BCUT2D eigenvalue weighted by Gasteiger charge is -2.29. The summed E-state index contributed by atoms with van der Waals surface area (Å²) in [6.07, 6.45) is 1.98. The van der Waals surface area contributed by atoms with Crippen LogP contribution in [0, 0.1) is 5.92 Å². The third-order valence-electron chi connectivity index (χ3n) is 3.64. The molecule has 1 aromatic rings. The van der Waals surface area contributed by atoms with E-state index in [1.165, 1.54) is 13.8 Å². The Morgan fingerprint density at radius 3 is 2.56 bits per heavy atom. The minimum atomic E-state index is -1.80. The number of benzene rings is 1. The number of carbonyl (C=O) groups excluding carboxylic acids is 1. The predicted octanol–water partition coefficient (Wildman–Crippen LogP) is 3.19. The molecule has 1 unspecified atom stereocenters. The summed E-state index contributed by atoms with van der Waals surface area (Å²) in [5.41, 5.74) is 5.39. The van der Waals surface area contributed by atoms with Crippen LogP contribution in [0.15, 0.2) is 24.3 Å². The van der Waals surface area contributed by atoms with E-state index in [9.17, 15) is 9.18 Å². The van der Waals surface area contributed by atoms with E-state index in [0.29, 0.717) is 5.69 Å². The van der Waals surface area contributed by atoms with Gasteiger partial charge in [0.2, 0.25) is 0 Å². The Morgan fingerprint density at radius 1 is 1.50 bits per heavy atom. The smallest absolute Gasteiger partial charge is 0.172 e. The number of halogens is 1. The van der Waals surface area contributed by atoms with Crippen LogP contribution >= 0.6 is 13.5 Å². The van der Waals surface area contributed by atoms with Gasteiger partial charge in [-0.1, -0.05) is 12.1 Å². The second kappa shape index (κ2) is 5.31. The first-order valence-corrected chi connectivity index (χ1v) is 5.98. The van der Waals surface area contributed by atoms with Crippen LogP contribution in [0.2, 0.25) is 0 Å². The molecule has 18 heavy (non-hydrogen) atoms. The van der Waals surface area contributed by atoms with Gasteiger partial charge >= 0.3 is 0 Å². The Kier molecular flexibility index (Phi) is 4.43. The number of nitrogen functional groups attached to an aromatic ring is 1. The molecule has 1 aliphatic rings. The zero-order valence-corrected chi connectivity index (χ0v) is 11.7. The van der Waals surface area contributed by atoms with E-state index in [2.05, 4.69) is 0 Å². The van der Waals surface area contributed by atoms with E-state index in [1.807, 2.05) is 12.1 Å². The zero-order chi connectivity index (χ0) is 12.6. The van der Waals surface area contributed by atoms with E-state index < -0.39 is 11.5 Å². The fraction of sp³-hybridized carbons (Fsp3) is 0.500. The molecule has 0 aromatic heterocycles. The van der Waals surface area contributed by atoms with Crippen LogP contribution < -0.4 is 5.73 Å². The van der Waals surface area contributed by atoms with Crippen LogP contribution in [0.3, 0.4) is 0 Å². The summed E-state index contributed by atoms with van der Waals surface area (Å²) >= 11 is 0. The summed E-state index contributed by atoms with van der Waals surface area (Å²) in [5.74, 6) is -0.490. The van der Waals surface area contributed by atoms with Gasteiger partial charge in [-0.15, -0.1) is 0 Å². The molecule has 0 amide bonds. The SMILES string of the molecule is CC(=O)C(C)(F)[C@H](c1cccc(N)c1)C1CC1.S. The molecule has 2 N–H and O–H groups in total. The molecular weight excluding hydrogens is 249 g/mol. The number of ketones is 1. The molecule has 100 valence electrons. The normalized spacial score (nSPS) is 19.5. The molecule has 2 atom stereocenters. The summed E-state index contributed by atoms with van der Waals surface area (Å²) in [5, 5.41) is 0. The Bertz CT molecular complexity index is 443. The van der Waals surface area contributed by atoms with Crippen molar-refractivity contribution < 1.29 is 9.18 Å². The summed E-state index contributed by atoms with van der Waals surface area (Å²) in [4.78, 5) is 11.5. The number of hydrogen-bond donors (Lipinski definition) is 1. The lowest BCUT2D eigenvalue weighted by atomic mass is 9.79. The van der Waals surface area contributed by atoms with Crippen molar-refractivity contribution in [2.75, 3.05) is 5.73 Å². The molecule has 0 radical (unpaired) electrons. The van der Waals surface area contributed by atoms with Crippen molar-refractivity contribution in [2.24, 2.45) is 5.92 Å². The van der Waals surface area contributed by atoms with Gasteiger partial charge in [-0.05, 0) is 50.3 Å². The van der Waals surface area contributed by atoms with E-state index in [-0.39, 0.29) is 25.3 Å². The second-order valence-electron chi connectivity index (χ2n) is 5.12. The lowest BCUT2D eigenvalue weighted by Crippen LogP contribution is -2.36. The van der Waals surface area contributed by atoms with Crippen LogP contribution in [0.25, 0.3) is 0 Å². The maximum atomic E-state index is 14.6. The van der Waals surface area contributed by atoms with Crippen molar-refractivity contribution in [3.63, 3.8) is 0 Å². The third-order valence-corrected chi connectivity index (χ3v) is 3.64. The molecular formula is C14H20FNOS. The average Bonchev–Trinajstić information content (AvgIpc) is 3.01. The maximum Gasteiger partial charge on any atom is 0.172 e. The first-order valence-electron chi connectivity index (χ1n) is 5.98. The predicted molar refractivity (Wildman–Crippen MR) is 76.9 cm³/mol. The highest BCUT2D eigenvalue weighted by Gasteiger charge is 2.48. The summed E-state index contributed by atoms with van der Waals surface area (Å²) < 4.78 is 14.6. The van der Waals surface area contributed by atoms with Gasteiger partial charge in [0.25, 0.3) is 0 Å². The highest BCUT2D eigenvalue weighted by molar-refractivity contribution is 7.59. The Hall–Kier alpha value is -1.03. The molecule has 0 bridgehead atoms. The molecule has 1 fully saturated rings. The van der Waals surface area contributed by atoms with Gasteiger partial charge in [0.1, 0.15) is 0 Å². The van der Waals surface area contributed by atoms with Crippen molar-refractivity contribution in [2.45, 2.75) is 38.3 Å². The highest BCUT2D eigenvalue weighted by atomic mass is 32.1. The lowest BCUT2D eigenvalue weighted by molar-refractivity contribution is -0.129. The fourth-order valence-corrected chi connectivity index (χ4v) is 2.43. The minimum Gasteiger partial charge on any atom is -0.399 e. The number of Topliss-reactive ketones (excluding diaryl/α,β-unsaturated/α-hetero) is 1. The molecule has 0 saturated heterocycles. The molecule has 2 rings (SSSR count). The molecule has 1 saturated carbocycles. The van der Waals surface area contributed by atoms with Crippen LogP contribution in [-0.2, 0) is 4.79 Å². The van der Waals surface area contributed by atoms with Gasteiger partial charge in [0.15, 0.2) is 11.5 Å². The first kappa shape index (κ1) is 15.0. The number of rotatable bonds is 4. The number of anilines is 1. The van der Waals surface area contributed by atoms with Crippen LogP contribution in [-0.4, -0.2) is 11.5 Å². The molecule has 0 heterocycles. The van der Waals surface area contributed by atoms with Crippen molar-refractivity contribution in [1.29, 1.82) is 0 Å². The number of hydrogen-bond acceptors (Lipinski definition) is 2. The Labute approximate surface area is 114 Å². The number of alkyl halides is 1. The Balaban J connectivity index is 0.00000162. The maximum absolute atomic E-state index is 14.6. The quantitative estimate of drug-likeness (QED) is 0.853. The number of carbonyl (C=O) groups is 1. The monoisotopic (exact) mass is 269 g/mol. The molecule has 0 spiro atoms. The van der Waals surface area contributed by atoms with Crippen LogP contribution in [0.5, 0.6) is 0 Å². The molecule has 1 aromatic carbocycles. The van der Waals surface area contributed by atoms with Crippen LogP contribution in [0.4, 0.5) is 10.1 Å². The van der Waals surface area contributed by atoms with Gasteiger partial charge in [0, 0.05) is 11.6 Å². The van der Waals surface area contributed by atoms with Gasteiger partial charge in [-0.3, -0.25) is 4.79 Å². The van der Waals surface area contributed by atoms with Crippen molar-refractivity contribution in [3.8, 4) is 0 Å². The second-order valence-corrected chi connectivity index (χ2v) is 5.12. The average molecular weight is 269 g/mol. The largest absolute Gasteiger partial charge is 0.399 e. The van der Waals surface area contributed by atoms with Gasteiger partial charge in [0.05, 0.1) is 0 Å². The fourth-order valence-electron chi connectivity index (χ4n) is 2.43. The number of nitrogens with two attached hydrogens (primary N) is 1. The topological polar surface area (TPSA) is 43.1 Å². The van der Waals surface area contributed by atoms with Gasteiger partial charge in [-0.2, -0.15) is 13.5 Å². The van der Waals surface area contributed by atoms with Crippen molar-refractivity contribution in [1.82, 2.24) is 0 Å². The third kappa shape index (κ3) is 2.86. The van der Waals surface area contributed by atoms with E-state index in [4.69, 9.17) is 5.73 Å². The van der Waals surface area contributed by atoms with Gasteiger partial charge < -0.3 is 5.73 Å². The molecule has 4 heteroatoms. The highest BCUT2D eigenvalue weighted by Crippen LogP contribution is 2.50. The van der Waals surface area contributed by atoms with Crippen molar-refractivity contribution >= 4 is 25.0 Å². The van der Waals surface area contributed by atoms with Crippen LogP contribution in [0.1, 0.15) is 38.2 Å². The molecule has 1 aliphatic carbocycles. The van der Waals surface area contributed by atoms with E-state index in [0.717, 1.165) is 18.4 Å². The minimum absolute atomic E-state index is 0. The van der Waals surface area contributed by atoms with Gasteiger partial charge in [-0.25, -0.2) is 4.39 Å². The summed E-state index contributed by atoms with van der Waals surface area (Å²) in [6, 6.07) is 7.23. The zero-order valence-electron chi connectivity index (χ0n) is 10.7. The standard InChI is InChI=1S/C14H18FNO.H2S/c1-9(17)14(2,15)13(10-6-7-10)11-4-3-5-12(16)8-11;/h3-5,8,10,13H,6-7,16H2,1-2H3;1H2/t13-,14?;/m0./s1. The summed E-state index contributed by atoms with van der Waals surface area (Å²) in [6.45, 7) is 2.71. The van der Waals surface area contributed by atoms with Crippen molar-refractivity contribution in [3.05, 3.63) is 29.8 Å². The Morgan fingerprint density at radius 2 is 2.11 bits per heavy atom. The first-order chi connectivity index (χ1) is 7.93. The van der Waals surface area contributed by atoms with E-state index in [1.54, 1.807) is 12.1 Å².